The molecule has 0 spiro atoms. The smallest absolute Gasteiger partial charge is 0.270 e. The molecular formula is C19H26N4O2. The van der Waals surface area contributed by atoms with Crippen molar-refractivity contribution in [2.75, 3.05) is 25.5 Å². The third kappa shape index (κ3) is 5.00. The van der Waals surface area contributed by atoms with Crippen LogP contribution in [0, 0.1) is 6.92 Å². The van der Waals surface area contributed by atoms with E-state index in [9.17, 15) is 9.90 Å². The zero-order valence-electron chi connectivity index (χ0n) is 15.4. The normalized spacial score (nSPS) is 12.1. The minimum Gasteiger partial charge on any atom is -0.387 e. The third-order valence-corrected chi connectivity index (χ3v) is 3.92. The first-order valence-electron chi connectivity index (χ1n) is 8.37. The van der Waals surface area contributed by atoms with Crippen LogP contribution in [0.1, 0.15) is 53.2 Å². The molecule has 0 fully saturated rings. The molecule has 25 heavy (non-hydrogen) atoms. The Morgan fingerprint density at radius 2 is 1.76 bits per heavy atom. The van der Waals surface area contributed by atoms with Gasteiger partial charge in [0.05, 0.1) is 6.10 Å². The van der Waals surface area contributed by atoms with Gasteiger partial charge < -0.3 is 15.3 Å². The Morgan fingerprint density at radius 1 is 1.16 bits per heavy atom. The molecule has 1 amide bonds. The van der Waals surface area contributed by atoms with Gasteiger partial charge in [-0.15, -0.1) is 0 Å². The monoisotopic (exact) mass is 342 g/mol. The van der Waals surface area contributed by atoms with Gasteiger partial charge in [0.1, 0.15) is 5.69 Å². The van der Waals surface area contributed by atoms with Crippen LogP contribution >= 0.6 is 0 Å². The number of benzene rings is 1. The molecule has 1 heterocycles. The first-order valence-corrected chi connectivity index (χ1v) is 8.37. The number of hydrogen-bond donors (Lipinski definition) is 2. The number of hydrogen-bond acceptors (Lipinski definition) is 5. The number of aromatic nitrogens is 2. The maximum atomic E-state index is 12.3. The van der Waals surface area contributed by atoms with E-state index in [1.807, 2.05) is 45.3 Å². The molecule has 2 rings (SSSR count). The average Bonchev–Trinajstić information content (AvgIpc) is 2.58. The Bertz CT molecular complexity index is 727. The lowest BCUT2D eigenvalue weighted by molar-refractivity contribution is 0.0911. The second-order valence-electron chi connectivity index (χ2n) is 6.64. The summed E-state index contributed by atoms with van der Waals surface area (Å²) in [5.74, 6) is 0.596. The van der Waals surface area contributed by atoms with Crippen molar-refractivity contribution in [3.63, 3.8) is 0 Å². The molecular weight excluding hydrogens is 316 g/mol. The number of rotatable bonds is 6. The fourth-order valence-corrected chi connectivity index (χ4v) is 2.37. The summed E-state index contributed by atoms with van der Waals surface area (Å²) in [6, 6.07) is 9.42. The Hall–Kier alpha value is -2.47. The Balaban J connectivity index is 2.01. The van der Waals surface area contributed by atoms with Gasteiger partial charge in [0.2, 0.25) is 5.95 Å². The second kappa shape index (κ2) is 8.07. The zero-order valence-corrected chi connectivity index (χ0v) is 15.4. The van der Waals surface area contributed by atoms with Gasteiger partial charge in [-0.3, -0.25) is 4.79 Å². The molecule has 1 aromatic heterocycles. The third-order valence-electron chi connectivity index (χ3n) is 3.92. The van der Waals surface area contributed by atoms with Crippen molar-refractivity contribution in [2.24, 2.45) is 0 Å². The molecule has 6 nitrogen and oxygen atoms in total. The van der Waals surface area contributed by atoms with Gasteiger partial charge in [-0.2, -0.15) is 0 Å². The summed E-state index contributed by atoms with van der Waals surface area (Å²) in [6.07, 6.45) is -0.763. The van der Waals surface area contributed by atoms with Crippen LogP contribution < -0.4 is 10.2 Å². The first-order chi connectivity index (χ1) is 11.8. The molecule has 0 radical (unpaired) electrons. The van der Waals surface area contributed by atoms with E-state index in [-0.39, 0.29) is 12.5 Å². The van der Waals surface area contributed by atoms with Gasteiger partial charge in [0.25, 0.3) is 5.91 Å². The van der Waals surface area contributed by atoms with Crippen molar-refractivity contribution in [2.45, 2.75) is 32.8 Å². The molecule has 0 bridgehead atoms. The lowest BCUT2D eigenvalue weighted by Crippen LogP contribution is -2.29. The lowest BCUT2D eigenvalue weighted by Gasteiger charge is -2.15. The van der Waals surface area contributed by atoms with Crippen molar-refractivity contribution in [3.05, 3.63) is 52.8 Å². The fourth-order valence-electron chi connectivity index (χ4n) is 2.37. The molecule has 1 unspecified atom stereocenters. The molecule has 0 saturated carbocycles. The number of aliphatic hydroxyl groups excluding tert-OH is 1. The summed E-state index contributed by atoms with van der Waals surface area (Å²) < 4.78 is 0. The molecule has 0 aliphatic heterocycles. The summed E-state index contributed by atoms with van der Waals surface area (Å²) >= 11 is 0. The van der Waals surface area contributed by atoms with E-state index in [2.05, 4.69) is 29.1 Å². The van der Waals surface area contributed by atoms with E-state index in [1.54, 1.807) is 11.0 Å². The van der Waals surface area contributed by atoms with Gasteiger partial charge in [-0.05, 0) is 30.0 Å². The van der Waals surface area contributed by atoms with Crippen molar-refractivity contribution >= 4 is 11.9 Å². The van der Waals surface area contributed by atoms with Crippen LogP contribution in [0.25, 0.3) is 0 Å². The summed E-state index contributed by atoms with van der Waals surface area (Å²) in [6.45, 7) is 6.19. The SMILES string of the molecule is Cc1cc(C(=O)NCC(O)c2ccc(C(C)C)cc2)nc(N(C)C)n1. The molecule has 0 saturated heterocycles. The van der Waals surface area contributed by atoms with Gasteiger partial charge in [-0.25, -0.2) is 9.97 Å². The predicted molar refractivity (Wildman–Crippen MR) is 98.9 cm³/mol. The van der Waals surface area contributed by atoms with Crippen LogP contribution in [0.4, 0.5) is 5.95 Å². The summed E-state index contributed by atoms with van der Waals surface area (Å²) in [5, 5.41) is 13.0. The molecule has 134 valence electrons. The molecule has 1 aromatic carbocycles. The topological polar surface area (TPSA) is 78.3 Å². The highest BCUT2D eigenvalue weighted by molar-refractivity contribution is 5.92. The van der Waals surface area contributed by atoms with Crippen LogP contribution in [0.2, 0.25) is 0 Å². The average molecular weight is 342 g/mol. The van der Waals surface area contributed by atoms with E-state index in [1.165, 1.54) is 5.56 Å². The minimum atomic E-state index is -0.763. The standard InChI is InChI=1S/C19H26N4O2/c1-12(2)14-6-8-15(9-7-14)17(24)11-20-18(25)16-10-13(3)21-19(22-16)23(4)5/h6-10,12,17,24H,11H2,1-5H3,(H,20,25). The van der Waals surface area contributed by atoms with E-state index >= 15 is 0 Å². The molecule has 2 N–H and O–H groups in total. The largest absolute Gasteiger partial charge is 0.387 e. The van der Waals surface area contributed by atoms with Gasteiger partial charge in [-0.1, -0.05) is 38.1 Å². The van der Waals surface area contributed by atoms with Gasteiger partial charge in [0.15, 0.2) is 0 Å². The van der Waals surface area contributed by atoms with Crippen LogP contribution in [-0.2, 0) is 0 Å². The number of nitrogens with one attached hydrogen (secondary N) is 1. The van der Waals surface area contributed by atoms with Gasteiger partial charge in [0, 0.05) is 26.3 Å². The van der Waals surface area contributed by atoms with E-state index in [4.69, 9.17) is 0 Å². The molecule has 0 aliphatic carbocycles. The Labute approximate surface area is 148 Å². The Morgan fingerprint density at radius 3 is 2.32 bits per heavy atom. The number of nitrogens with zero attached hydrogens (tertiary/aromatic N) is 3. The van der Waals surface area contributed by atoms with Crippen molar-refractivity contribution in [1.29, 1.82) is 0 Å². The summed E-state index contributed by atoms with van der Waals surface area (Å²) in [7, 11) is 3.64. The summed E-state index contributed by atoms with van der Waals surface area (Å²) in [5.41, 5.74) is 3.00. The van der Waals surface area contributed by atoms with Crippen LogP contribution in [0.3, 0.4) is 0 Å². The molecule has 1 atom stereocenters. The van der Waals surface area contributed by atoms with Crippen molar-refractivity contribution in [3.8, 4) is 0 Å². The number of carbonyl (C=O) groups is 1. The molecule has 0 aliphatic rings. The van der Waals surface area contributed by atoms with E-state index in [0.717, 1.165) is 5.56 Å². The van der Waals surface area contributed by atoms with Crippen LogP contribution in [-0.4, -0.2) is 41.6 Å². The minimum absolute atomic E-state index is 0.125. The van der Waals surface area contributed by atoms with Crippen molar-refractivity contribution in [1.82, 2.24) is 15.3 Å². The van der Waals surface area contributed by atoms with E-state index < -0.39 is 6.10 Å². The van der Waals surface area contributed by atoms with Crippen LogP contribution in [0.15, 0.2) is 30.3 Å². The molecule has 6 heteroatoms. The fraction of sp³-hybridized carbons (Fsp3) is 0.421. The second-order valence-corrected chi connectivity index (χ2v) is 6.64. The first kappa shape index (κ1) is 18.9. The maximum Gasteiger partial charge on any atom is 0.270 e. The lowest BCUT2D eigenvalue weighted by atomic mass is 10.00. The highest BCUT2D eigenvalue weighted by atomic mass is 16.3. The zero-order chi connectivity index (χ0) is 18.6. The molecule has 2 aromatic rings. The van der Waals surface area contributed by atoms with Crippen molar-refractivity contribution < 1.29 is 9.90 Å². The highest BCUT2D eigenvalue weighted by Crippen LogP contribution is 2.18. The number of aryl methyl sites for hydroxylation is 1. The highest BCUT2D eigenvalue weighted by Gasteiger charge is 2.14. The van der Waals surface area contributed by atoms with Crippen LogP contribution in [0.5, 0.6) is 0 Å². The number of amides is 1. The summed E-state index contributed by atoms with van der Waals surface area (Å²) in [4.78, 5) is 22.6. The predicted octanol–water partition coefficient (Wildman–Crippen LogP) is 2.44. The Kier molecular flexibility index (Phi) is 6.09. The number of anilines is 1. The quantitative estimate of drug-likeness (QED) is 0.843. The maximum absolute atomic E-state index is 12.3. The van der Waals surface area contributed by atoms with E-state index in [0.29, 0.717) is 23.3 Å². The number of carbonyl (C=O) groups excluding carboxylic acids is 1. The number of aliphatic hydroxyl groups is 1. The van der Waals surface area contributed by atoms with Gasteiger partial charge >= 0.3 is 0 Å².